The zero-order chi connectivity index (χ0) is 44.5. The lowest BCUT2D eigenvalue weighted by atomic mass is 9.94. The number of aliphatic carboxylic acids is 3. The maximum absolute atomic E-state index is 12.4. The van der Waals surface area contributed by atoms with Gasteiger partial charge < -0.3 is 50.6 Å². The van der Waals surface area contributed by atoms with Gasteiger partial charge in [0, 0.05) is 51.8 Å². The summed E-state index contributed by atoms with van der Waals surface area (Å²) in [5.41, 5.74) is 5.42. The van der Waals surface area contributed by atoms with Crippen LogP contribution in [-0.2, 0) is 52.5 Å². The van der Waals surface area contributed by atoms with Crippen LogP contribution in [0.5, 0.6) is 0 Å². The molecule has 0 bridgehead atoms. The Morgan fingerprint density at radius 1 is 0.433 bits per heavy atom. The van der Waals surface area contributed by atoms with Gasteiger partial charge in [-0.05, 0) is 44.9 Å². The third kappa shape index (κ3) is 39.9. The van der Waals surface area contributed by atoms with Gasteiger partial charge in [0.15, 0.2) is 5.78 Å². The highest BCUT2D eigenvalue weighted by atomic mass is 16.5. The lowest BCUT2D eigenvalue weighted by molar-refractivity contribution is -0.144. The summed E-state index contributed by atoms with van der Waals surface area (Å²) in [7, 11) is 0. The Labute approximate surface area is 356 Å². The summed E-state index contributed by atoms with van der Waals surface area (Å²) in [5.74, 6) is -4.46. The van der Waals surface area contributed by atoms with Crippen LogP contribution < -0.4 is 16.4 Å². The molecule has 17 nitrogen and oxygen atoms in total. The molecular weight excluding hydrogens is 782 g/mol. The highest BCUT2D eigenvalue weighted by molar-refractivity contribution is 5.84. The number of carbonyl (C=O) groups excluding carboxylic acids is 4. The van der Waals surface area contributed by atoms with Crippen LogP contribution in [0.15, 0.2) is 0 Å². The number of hydrogen-bond donors (Lipinski definition) is 6. The van der Waals surface area contributed by atoms with Crippen molar-refractivity contribution in [3.63, 3.8) is 0 Å². The molecular formula is C43H77N3O14. The normalized spacial score (nSPS) is 12.2. The SMILES string of the molecule is N[C@@H](CCCCNC(=O)COCCOCCCC(=O)COCCOCCNC(=O)CC[C@H](CC(=O)CCCCCCCCCCCCCCCCC(=O)O)C(=O)O)C(=O)O. The van der Waals surface area contributed by atoms with Crippen LogP contribution in [0.2, 0.25) is 0 Å². The molecule has 0 heterocycles. The van der Waals surface area contributed by atoms with E-state index in [0.29, 0.717) is 45.3 Å². The number of carboxylic acids is 3. The quantitative estimate of drug-likeness (QED) is 0.0441. The van der Waals surface area contributed by atoms with Gasteiger partial charge in [-0.3, -0.25) is 33.6 Å². The number of carbonyl (C=O) groups is 7. The van der Waals surface area contributed by atoms with E-state index in [4.69, 9.17) is 34.9 Å². The van der Waals surface area contributed by atoms with Crippen molar-refractivity contribution in [2.45, 2.75) is 160 Å². The second-order valence-electron chi connectivity index (χ2n) is 15.3. The van der Waals surface area contributed by atoms with Crippen molar-refractivity contribution < 1.29 is 67.8 Å². The minimum Gasteiger partial charge on any atom is -0.481 e. The number of Topliss-reactive ketones (excluding diaryl/α,β-unsaturated/α-hetero) is 2. The van der Waals surface area contributed by atoms with Crippen molar-refractivity contribution >= 4 is 41.3 Å². The second kappa shape index (κ2) is 40.9. The number of ketones is 2. The van der Waals surface area contributed by atoms with Gasteiger partial charge in [-0.1, -0.05) is 77.0 Å². The average Bonchev–Trinajstić information content (AvgIpc) is 3.20. The van der Waals surface area contributed by atoms with E-state index in [9.17, 15) is 38.7 Å². The minimum atomic E-state index is -1.07. The number of rotatable bonds is 46. The van der Waals surface area contributed by atoms with Crippen LogP contribution in [0.4, 0.5) is 0 Å². The van der Waals surface area contributed by atoms with Crippen molar-refractivity contribution in [2.24, 2.45) is 11.7 Å². The zero-order valence-electron chi connectivity index (χ0n) is 36.1. The van der Waals surface area contributed by atoms with Gasteiger partial charge in [-0.25, -0.2) is 0 Å². The molecule has 7 N–H and O–H groups in total. The lowest BCUT2D eigenvalue weighted by Crippen LogP contribution is -2.31. The number of unbranched alkanes of at least 4 members (excludes halogenated alkanes) is 14. The highest BCUT2D eigenvalue weighted by Gasteiger charge is 2.22. The second-order valence-corrected chi connectivity index (χ2v) is 15.3. The standard InChI is InChI=1S/C43H77N3O14/c44-38(43(55)56)20-15-16-24-45-40(50)34-60-31-28-57-26-17-19-37(48)33-59-30-29-58-27-25-46-39(49)23-22-35(42(53)54)32-36(47)18-13-11-9-7-5-3-1-2-4-6-8-10-12-14-21-41(51)52/h35,38H,1-34,44H2,(H,45,50)(H,46,49)(H,51,52)(H,53,54)(H,55,56)/t35-,38+/m1/s1. The molecule has 60 heavy (non-hydrogen) atoms. The largest absolute Gasteiger partial charge is 0.481 e. The summed E-state index contributed by atoms with van der Waals surface area (Å²) in [5, 5.41) is 32.3. The Balaban J connectivity index is 3.65. The van der Waals surface area contributed by atoms with Crippen molar-refractivity contribution in [3.8, 4) is 0 Å². The first-order valence-corrected chi connectivity index (χ1v) is 22.2. The molecule has 0 unspecified atom stereocenters. The zero-order valence-corrected chi connectivity index (χ0v) is 36.1. The molecule has 0 saturated carbocycles. The van der Waals surface area contributed by atoms with E-state index in [-0.39, 0.29) is 108 Å². The number of ether oxygens (including phenoxy) is 4. The molecule has 0 saturated heterocycles. The lowest BCUT2D eigenvalue weighted by Gasteiger charge is -2.12. The van der Waals surface area contributed by atoms with E-state index in [0.717, 1.165) is 44.9 Å². The molecule has 0 radical (unpaired) electrons. The molecule has 0 aliphatic heterocycles. The first-order valence-electron chi connectivity index (χ1n) is 22.2. The van der Waals surface area contributed by atoms with Crippen LogP contribution in [0.1, 0.15) is 154 Å². The fraction of sp³-hybridized carbons (Fsp3) is 0.837. The van der Waals surface area contributed by atoms with Gasteiger partial charge in [-0.2, -0.15) is 0 Å². The van der Waals surface area contributed by atoms with Crippen LogP contribution in [0.3, 0.4) is 0 Å². The molecule has 348 valence electrons. The number of nitrogens with two attached hydrogens (primary N) is 1. The molecule has 0 rings (SSSR count). The first-order chi connectivity index (χ1) is 28.9. The maximum atomic E-state index is 12.4. The van der Waals surface area contributed by atoms with E-state index < -0.39 is 29.9 Å². The first kappa shape index (κ1) is 56.5. The van der Waals surface area contributed by atoms with Gasteiger partial charge >= 0.3 is 17.9 Å². The van der Waals surface area contributed by atoms with E-state index >= 15 is 0 Å². The van der Waals surface area contributed by atoms with Crippen molar-refractivity contribution in [3.05, 3.63) is 0 Å². The molecule has 0 aliphatic carbocycles. The monoisotopic (exact) mass is 860 g/mol. The summed E-state index contributed by atoms with van der Waals surface area (Å²) >= 11 is 0. The molecule has 2 atom stereocenters. The van der Waals surface area contributed by atoms with E-state index in [1.807, 2.05) is 0 Å². The molecule has 0 aromatic carbocycles. The van der Waals surface area contributed by atoms with Gasteiger partial charge in [-0.15, -0.1) is 0 Å². The van der Waals surface area contributed by atoms with E-state index in [1.165, 1.54) is 44.9 Å². The van der Waals surface area contributed by atoms with Gasteiger partial charge in [0.1, 0.15) is 25.0 Å². The number of nitrogens with one attached hydrogen (secondary N) is 2. The van der Waals surface area contributed by atoms with Crippen molar-refractivity contribution in [1.82, 2.24) is 10.6 Å². The maximum Gasteiger partial charge on any atom is 0.320 e. The summed E-state index contributed by atoms with van der Waals surface area (Å²) in [6.45, 7) is 2.00. The van der Waals surface area contributed by atoms with Gasteiger partial charge in [0.2, 0.25) is 11.8 Å². The summed E-state index contributed by atoms with van der Waals surface area (Å²) in [4.78, 5) is 81.2. The van der Waals surface area contributed by atoms with Crippen LogP contribution in [0.25, 0.3) is 0 Å². The smallest absolute Gasteiger partial charge is 0.320 e. The molecule has 0 aliphatic rings. The summed E-state index contributed by atoms with van der Waals surface area (Å²) in [6, 6.07) is -0.891. The Hall–Kier alpha value is -3.51. The van der Waals surface area contributed by atoms with Gasteiger partial charge in [0.25, 0.3) is 0 Å². The van der Waals surface area contributed by atoms with Crippen LogP contribution in [0, 0.1) is 5.92 Å². The van der Waals surface area contributed by atoms with Crippen LogP contribution >= 0.6 is 0 Å². The molecule has 0 aromatic rings. The number of hydrogen-bond acceptors (Lipinski definition) is 12. The minimum absolute atomic E-state index is 0.000682. The average molecular weight is 860 g/mol. The Bertz CT molecular complexity index is 1170. The molecule has 0 spiro atoms. The van der Waals surface area contributed by atoms with E-state index in [1.54, 1.807) is 0 Å². The Kier molecular flexibility index (Phi) is 38.5. The predicted molar refractivity (Wildman–Crippen MR) is 224 cm³/mol. The summed E-state index contributed by atoms with van der Waals surface area (Å²) in [6.07, 6.45) is 18.3. The van der Waals surface area contributed by atoms with Crippen molar-refractivity contribution in [1.29, 1.82) is 0 Å². The molecule has 0 aromatic heterocycles. The Morgan fingerprint density at radius 3 is 1.50 bits per heavy atom. The number of amides is 2. The fourth-order valence-electron chi connectivity index (χ4n) is 6.19. The highest BCUT2D eigenvalue weighted by Crippen LogP contribution is 2.17. The Morgan fingerprint density at radius 2 is 0.933 bits per heavy atom. The van der Waals surface area contributed by atoms with Crippen LogP contribution in [-0.4, -0.2) is 129 Å². The number of carboxylic acid groups (broad SMARTS) is 3. The molecule has 2 amide bonds. The topological polar surface area (TPSA) is 267 Å². The molecule has 17 heteroatoms. The van der Waals surface area contributed by atoms with Gasteiger partial charge in [0.05, 0.1) is 39.0 Å². The third-order valence-electron chi connectivity index (χ3n) is 9.77. The van der Waals surface area contributed by atoms with E-state index in [2.05, 4.69) is 10.6 Å². The molecule has 0 fully saturated rings. The predicted octanol–water partition coefficient (Wildman–Crippen LogP) is 4.98. The fourth-order valence-corrected chi connectivity index (χ4v) is 6.19. The third-order valence-corrected chi connectivity index (χ3v) is 9.77. The van der Waals surface area contributed by atoms with Crippen molar-refractivity contribution in [2.75, 3.05) is 65.9 Å². The summed E-state index contributed by atoms with van der Waals surface area (Å²) < 4.78 is 21.4.